The van der Waals surface area contributed by atoms with E-state index in [-0.39, 0.29) is 62.9 Å². The van der Waals surface area contributed by atoms with Crippen molar-refractivity contribution in [2.75, 3.05) is 40.5 Å². The first-order valence-electron chi connectivity index (χ1n) is 25.8. The van der Waals surface area contributed by atoms with Gasteiger partial charge >= 0.3 is 6.09 Å². The van der Waals surface area contributed by atoms with Gasteiger partial charge in [-0.05, 0) is 91.0 Å². The molecule has 1 fully saturated rings. The summed E-state index contributed by atoms with van der Waals surface area (Å²) in [5.74, 6) is -0.593. The lowest BCUT2D eigenvalue weighted by Crippen LogP contribution is -2.69. The highest BCUT2D eigenvalue weighted by atomic mass is 16.7. The lowest BCUT2D eigenvalue weighted by atomic mass is 9.55. The Labute approximate surface area is 411 Å². The van der Waals surface area contributed by atoms with Gasteiger partial charge in [0.1, 0.15) is 29.9 Å². The van der Waals surface area contributed by atoms with Crippen molar-refractivity contribution >= 4 is 17.7 Å². The van der Waals surface area contributed by atoms with Crippen LogP contribution in [-0.2, 0) is 27.4 Å². The number of hydrogen-bond donors (Lipinski definition) is 3. The Kier molecular flexibility index (Phi) is 21.5. The van der Waals surface area contributed by atoms with Gasteiger partial charge in [-0.25, -0.2) is 4.79 Å². The number of oxime groups is 1. The molecule has 12 nitrogen and oxygen atoms in total. The van der Waals surface area contributed by atoms with Crippen molar-refractivity contribution in [1.29, 1.82) is 0 Å². The second-order valence-corrected chi connectivity index (χ2v) is 19.1. The van der Waals surface area contributed by atoms with E-state index in [1.54, 1.807) is 24.2 Å². The largest absolute Gasteiger partial charge is 0.497 e. The third-order valence-electron chi connectivity index (χ3n) is 14.3. The van der Waals surface area contributed by atoms with Crippen LogP contribution < -0.4 is 19.5 Å². The van der Waals surface area contributed by atoms with E-state index in [4.69, 9.17) is 28.9 Å². The second kappa shape index (κ2) is 27.9. The van der Waals surface area contributed by atoms with Crippen LogP contribution in [0.15, 0.2) is 102 Å². The van der Waals surface area contributed by atoms with Gasteiger partial charge in [-0.2, -0.15) is 0 Å². The molecule has 1 saturated carbocycles. The van der Waals surface area contributed by atoms with Gasteiger partial charge < -0.3 is 44.2 Å². The SMILES string of the molecule is C=CCO[C@@]12Oc3ccc(OC(=O)NCCCCCCCCCCCC)cc3[C@H]3[C@H](CCCCO)[C@@H](CCCCO)C=C(C(=NOCc4ccccc4)C[C@@H]1N(C)C(=O)Cc1cccc(OC)c1)[C@H]32. The van der Waals surface area contributed by atoms with Crippen molar-refractivity contribution in [3.8, 4) is 17.2 Å². The number of amides is 2. The van der Waals surface area contributed by atoms with Crippen LogP contribution in [0.3, 0.4) is 0 Å². The average Bonchev–Trinajstić information content (AvgIpc) is 3.36. The molecule has 6 rings (SSSR count). The minimum absolute atomic E-state index is 0.0156. The molecule has 69 heavy (non-hydrogen) atoms. The highest BCUT2D eigenvalue weighted by Gasteiger charge is 2.65. The van der Waals surface area contributed by atoms with Crippen molar-refractivity contribution < 1.29 is 43.6 Å². The number of carbonyl (C=O) groups excluding carboxylic acids is 2. The summed E-state index contributed by atoms with van der Waals surface area (Å²) in [7, 11) is 3.42. The van der Waals surface area contributed by atoms with E-state index in [2.05, 4.69) is 24.9 Å². The minimum atomic E-state index is -1.41. The number of ether oxygens (including phenoxy) is 4. The van der Waals surface area contributed by atoms with Crippen LogP contribution in [0.1, 0.15) is 139 Å². The molecule has 376 valence electrons. The quantitative estimate of drug-likeness (QED) is 0.0337. The van der Waals surface area contributed by atoms with Crippen molar-refractivity contribution in [3.63, 3.8) is 0 Å². The molecule has 0 aromatic heterocycles. The number of nitrogens with one attached hydrogen (secondary N) is 1. The van der Waals surface area contributed by atoms with Gasteiger partial charge in [-0.3, -0.25) is 4.79 Å². The number of rotatable bonds is 30. The van der Waals surface area contributed by atoms with Gasteiger partial charge in [0.15, 0.2) is 0 Å². The van der Waals surface area contributed by atoms with E-state index in [1.807, 2.05) is 73.8 Å². The van der Waals surface area contributed by atoms with Gasteiger partial charge in [0, 0.05) is 44.7 Å². The molecule has 2 amide bonds. The van der Waals surface area contributed by atoms with E-state index in [0.717, 1.165) is 67.2 Å². The summed E-state index contributed by atoms with van der Waals surface area (Å²) in [5, 5.41) is 27.9. The third kappa shape index (κ3) is 14.5. The highest BCUT2D eigenvalue weighted by molar-refractivity contribution is 6.03. The van der Waals surface area contributed by atoms with Gasteiger partial charge in [0.2, 0.25) is 11.7 Å². The zero-order valence-corrected chi connectivity index (χ0v) is 41.6. The number of hydrogen-bond acceptors (Lipinski definition) is 10. The van der Waals surface area contributed by atoms with E-state index in [9.17, 15) is 19.8 Å². The van der Waals surface area contributed by atoms with Crippen LogP contribution in [0.5, 0.6) is 17.2 Å². The average molecular weight is 950 g/mol. The summed E-state index contributed by atoms with van der Waals surface area (Å²) < 4.78 is 25.9. The zero-order valence-electron chi connectivity index (χ0n) is 41.6. The number of carbonyl (C=O) groups is 2. The monoisotopic (exact) mass is 950 g/mol. The van der Waals surface area contributed by atoms with E-state index < -0.39 is 23.8 Å². The van der Waals surface area contributed by atoms with Crippen LogP contribution in [0.4, 0.5) is 4.79 Å². The minimum Gasteiger partial charge on any atom is -0.497 e. The third-order valence-corrected chi connectivity index (χ3v) is 14.3. The molecule has 0 bridgehead atoms. The van der Waals surface area contributed by atoms with E-state index >= 15 is 0 Å². The first kappa shape index (κ1) is 53.2. The number of likely N-dealkylation sites (N-methyl/N-ethyl adjacent to an activating group) is 1. The Morgan fingerprint density at radius 3 is 2.28 bits per heavy atom. The molecule has 3 N–H and O–H groups in total. The smallest absolute Gasteiger partial charge is 0.412 e. The molecule has 3 aromatic rings. The zero-order chi connectivity index (χ0) is 48.9. The molecule has 6 atom stereocenters. The first-order chi connectivity index (χ1) is 33.8. The Morgan fingerprint density at radius 2 is 1.57 bits per heavy atom. The van der Waals surface area contributed by atoms with Gasteiger partial charge in [-0.15, -0.1) is 6.58 Å². The van der Waals surface area contributed by atoms with E-state index in [1.165, 1.54) is 44.9 Å². The normalized spacial score (nSPS) is 21.8. The molecule has 0 saturated heterocycles. The van der Waals surface area contributed by atoms with Crippen LogP contribution in [-0.4, -0.2) is 85.2 Å². The Morgan fingerprint density at radius 1 is 0.855 bits per heavy atom. The first-order valence-corrected chi connectivity index (χ1v) is 25.8. The molecule has 3 aliphatic rings. The fourth-order valence-electron chi connectivity index (χ4n) is 10.8. The number of methoxy groups -OCH3 is 1. The number of benzene rings is 3. The number of allylic oxidation sites excluding steroid dienone is 1. The predicted octanol–water partition coefficient (Wildman–Crippen LogP) is 11.2. The topological polar surface area (TPSA) is 148 Å². The number of fused-ring (bicyclic) bond motifs is 2. The summed E-state index contributed by atoms with van der Waals surface area (Å²) in [6.07, 6.45) is 20.5. The van der Waals surface area contributed by atoms with Gasteiger partial charge in [0.05, 0.1) is 31.8 Å². The van der Waals surface area contributed by atoms with Crippen LogP contribution in [0.2, 0.25) is 0 Å². The molecular formula is C57H79N3O9. The summed E-state index contributed by atoms with van der Waals surface area (Å²) in [6.45, 7) is 7.39. The summed E-state index contributed by atoms with van der Waals surface area (Å²) in [4.78, 5) is 36.0. The molecule has 1 heterocycles. The summed E-state index contributed by atoms with van der Waals surface area (Å²) in [5.41, 5.74) is 4.29. The summed E-state index contributed by atoms with van der Waals surface area (Å²) >= 11 is 0. The molecule has 0 radical (unpaired) electrons. The molecule has 0 unspecified atom stereocenters. The molecule has 1 aliphatic heterocycles. The van der Waals surface area contributed by atoms with Gasteiger partial charge in [0.25, 0.3) is 0 Å². The fourth-order valence-corrected chi connectivity index (χ4v) is 10.8. The van der Waals surface area contributed by atoms with Crippen molar-refractivity contribution in [2.24, 2.45) is 22.9 Å². The van der Waals surface area contributed by atoms with Crippen LogP contribution in [0, 0.1) is 17.8 Å². The van der Waals surface area contributed by atoms with Crippen LogP contribution in [0.25, 0.3) is 0 Å². The molecule has 2 aliphatic carbocycles. The Balaban J connectivity index is 1.37. The maximum absolute atomic E-state index is 14.6. The number of nitrogens with zero attached hydrogens (tertiary/aromatic N) is 2. The second-order valence-electron chi connectivity index (χ2n) is 19.1. The maximum Gasteiger partial charge on any atom is 0.412 e. The van der Waals surface area contributed by atoms with Crippen molar-refractivity contribution in [1.82, 2.24) is 10.2 Å². The standard InChI is InChI=1S/C57H79N3O9/c1-5-7-8-9-10-11-12-13-14-20-32-58-56(64)68-46-30-31-51-49(39-46)54-47(29-19-22-34-62)44(27-18-21-33-61)38-48-50(59-67-41-42-24-16-15-17-25-42)40-52(57(69-51,55(48)54)66-35-6-2)60(3)53(63)37-43-26-23-28-45(36-43)65-4/h6,15-17,23-26,28,30-31,36,38-39,44,47,52,54-55,61-62H,2,5,7-14,18-22,27,29,32-35,37,40-41H2,1,3-4H3,(H,58,64)/t44-,47+,52-,54+,55+,57+/m0/s1. The lowest BCUT2D eigenvalue weighted by molar-refractivity contribution is -0.255. The van der Waals surface area contributed by atoms with Gasteiger partial charge in [-0.1, -0.05) is 137 Å². The fraction of sp³-hybridized carbons (Fsp3) is 0.561. The molecule has 12 heteroatoms. The lowest BCUT2D eigenvalue weighted by Gasteiger charge is -2.59. The maximum atomic E-state index is 14.6. The molecule has 3 aromatic carbocycles. The highest BCUT2D eigenvalue weighted by Crippen LogP contribution is 2.62. The molecular weight excluding hydrogens is 871 g/mol. The van der Waals surface area contributed by atoms with Crippen LogP contribution >= 0.6 is 0 Å². The van der Waals surface area contributed by atoms with E-state index in [0.29, 0.717) is 42.3 Å². The van der Waals surface area contributed by atoms with Crippen molar-refractivity contribution in [2.45, 2.75) is 147 Å². The number of aliphatic hydroxyl groups excluding tert-OH is 2. The number of aliphatic hydroxyl groups is 2. The Hall–Kier alpha value is -5.17. The Bertz CT molecular complexity index is 2130. The predicted molar refractivity (Wildman–Crippen MR) is 272 cm³/mol. The number of unbranched alkanes of at least 4 members (excludes halogenated alkanes) is 11. The summed E-state index contributed by atoms with van der Waals surface area (Å²) in [6, 6.07) is 22.3. The van der Waals surface area contributed by atoms with Crippen molar-refractivity contribution in [3.05, 3.63) is 114 Å². The molecule has 0 spiro atoms.